The summed E-state index contributed by atoms with van der Waals surface area (Å²) >= 11 is 1.60. The van der Waals surface area contributed by atoms with Crippen molar-refractivity contribution >= 4 is 29.3 Å². The van der Waals surface area contributed by atoms with Gasteiger partial charge in [-0.15, -0.1) is 11.8 Å². The summed E-state index contributed by atoms with van der Waals surface area (Å²) in [4.78, 5) is 28.5. The quantitative estimate of drug-likeness (QED) is 0.758. The van der Waals surface area contributed by atoms with E-state index in [0.717, 1.165) is 41.4 Å². The van der Waals surface area contributed by atoms with Gasteiger partial charge in [-0.3, -0.25) is 9.59 Å². The van der Waals surface area contributed by atoms with Crippen LogP contribution in [0.4, 0.5) is 5.69 Å². The summed E-state index contributed by atoms with van der Waals surface area (Å²) in [5.41, 5.74) is 0.830. The van der Waals surface area contributed by atoms with Gasteiger partial charge in [0.15, 0.2) is 12.6 Å². The SMILES string of the molecule is CSc1ccccc1NC(=O)C[NH+](C)[C@H](C)C(=O)N1CCCC1. The molecule has 2 N–H and O–H groups in total. The number of carbonyl (C=O) groups is 2. The van der Waals surface area contributed by atoms with E-state index >= 15 is 0 Å². The number of benzene rings is 1. The molecule has 0 spiro atoms. The van der Waals surface area contributed by atoms with Gasteiger partial charge in [0.2, 0.25) is 0 Å². The number of para-hydroxylation sites is 1. The highest BCUT2D eigenvalue weighted by Gasteiger charge is 2.29. The summed E-state index contributed by atoms with van der Waals surface area (Å²) in [5, 5.41) is 2.95. The number of hydrogen-bond donors (Lipinski definition) is 2. The first-order valence-electron chi connectivity index (χ1n) is 8.07. The second-order valence-corrected chi connectivity index (χ2v) is 6.87. The van der Waals surface area contributed by atoms with Crippen LogP contribution in [-0.2, 0) is 9.59 Å². The maximum Gasteiger partial charge on any atom is 0.280 e. The fourth-order valence-corrected chi connectivity index (χ4v) is 3.32. The van der Waals surface area contributed by atoms with Gasteiger partial charge in [-0.1, -0.05) is 12.1 Å². The minimum atomic E-state index is -0.199. The summed E-state index contributed by atoms with van der Waals surface area (Å²) in [6.45, 7) is 3.88. The van der Waals surface area contributed by atoms with E-state index in [1.807, 2.05) is 49.4 Å². The van der Waals surface area contributed by atoms with E-state index in [0.29, 0.717) is 0 Å². The van der Waals surface area contributed by atoms with E-state index in [4.69, 9.17) is 0 Å². The number of hydrogen-bond acceptors (Lipinski definition) is 3. The van der Waals surface area contributed by atoms with E-state index in [1.165, 1.54) is 0 Å². The third-order valence-electron chi connectivity index (χ3n) is 4.35. The average Bonchev–Trinajstić information content (AvgIpc) is 3.08. The lowest BCUT2D eigenvalue weighted by Gasteiger charge is -2.25. The van der Waals surface area contributed by atoms with Gasteiger partial charge in [-0.05, 0) is 38.2 Å². The Morgan fingerprint density at radius 1 is 1.30 bits per heavy atom. The molecule has 0 aliphatic carbocycles. The normalized spacial score (nSPS) is 16.9. The summed E-state index contributed by atoms with van der Waals surface area (Å²) in [6.07, 6.45) is 4.16. The number of anilines is 1. The van der Waals surface area contributed by atoms with Gasteiger partial charge in [0.25, 0.3) is 11.8 Å². The first-order valence-corrected chi connectivity index (χ1v) is 9.29. The van der Waals surface area contributed by atoms with Crippen LogP contribution in [0.15, 0.2) is 29.2 Å². The Bertz CT molecular complexity index is 559. The summed E-state index contributed by atoms with van der Waals surface area (Å²) in [5.74, 6) is 0.0855. The molecule has 1 aliphatic heterocycles. The second kappa shape index (κ2) is 8.36. The third-order valence-corrected chi connectivity index (χ3v) is 5.14. The Kier molecular flexibility index (Phi) is 6.47. The number of likely N-dealkylation sites (N-methyl/N-ethyl adjacent to an activating group) is 1. The highest BCUT2D eigenvalue weighted by Crippen LogP contribution is 2.24. The zero-order valence-electron chi connectivity index (χ0n) is 14.1. The first-order chi connectivity index (χ1) is 11.0. The number of carbonyl (C=O) groups excluding carboxylic acids is 2. The zero-order chi connectivity index (χ0) is 16.8. The Labute approximate surface area is 142 Å². The fraction of sp³-hybridized carbons (Fsp3) is 0.529. The van der Waals surface area contributed by atoms with Crippen molar-refractivity contribution in [2.24, 2.45) is 0 Å². The van der Waals surface area contributed by atoms with Gasteiger partial charge in [0.05, 0.1) is 12.7 Å². The Balaban J connectivity index is 1.89. The van der Waals surface area contributed by atoms with Gasteiger partial charge in [0, 0.05) is 18.0 Å². The van der Waals surface area contributed by atoms with Crippen LogP contribution in [0, 0.1) is 0 Å². The van der Waals surface area contributed by atoms with Crippen molar-refractivity contribution in [2.75, 3.05) is 38.3 Å². The number of quaternary nitrogens is 1. The number of rotatable bonds is 6. The van der Waals surface area contributed by atoms with Crippen LogP contribution in [0.1, 0.15) is 19.8 Å². The smallest absolute Gasteiger partial charge is 0.280 e. The third kappa shape index (κ3) is 4.72. The monoisotopic (exact) mass is 336 g/mol. The number of amides is 2. The lowest BCUT2D eigenvalue weighted by Crippen LogP contribution is -3.15. The molecule has 1 fully saturated rings. The van der Waals surface area contributed by atoms with Crippen molar-refractivity contribution in [1.82, 2.24) is 4.90 Å². The van der Waals surface area contributed by atoms with Crippen LogP contribution in [0.5, 0.6) is 0 Å². The standard InChI is InChI=1S/C17H25N3O2S/c1-13(17(22)20-10-6-7-11-20)19(2)12-16(21)18-14-8-4-5-9-15(14)23-3/h4-5,8-9,13H,6-7,10-12H2,1-3H3,(H,18,21)/p+1/t13-/m1/s1. The molecule has 5 nitrogen and oxygen atoms in total. The van der Waals surface area contributed by atoms with Gasteiger partial charge in [0.1, 0.15) is 0 Å². The molecule has 6 heteroatoms. The van der Waals surface area contributed by atoms with Crippen LogP contribution in [0.25, 0.3) is 0 Å². The molecular formula is C17H26N3O2S+. The number of nitrogens with zero attached hydrogens (tertiary/aromatic N) is 1. The van der Waals surface area contributed by atoms with E-state index in [9.17, 15) is 9.59 Å². The molecule has 1 aromatic carbocycles. The second-order valence-electron chi connectivity index (χ2n) is 6.03. The molecule has 2 amide bonds. The van der Waals surface area contributed by atoms with Crippen molar-refractivity contribution in [1.29, 1.82) is 0 Å². The molecule has 0 radical (unpaired) electrons. The molecular weight excluding hydrogens is 310 g/mol. The highest BCUT2D eigenvalue weighted by molar-refractivity contribution is 7.98. The molecule has 2 atom stereocenters. The topological polar surface area (TPSA) is 53.9 Å². The van der Waals surface area contributed by atoms with Crippen molar-refractivity contribution in [3.05, 3.63) is 24.3 Å². The summed E-state index contributed by atoms with van der Waals surface area (Å²) in [6, 6.07) is 7.55. The Morgan fingerprint density at radius 3 is 2.61 bits per heavy atom. The minimum absolute atomic E-state index is 0.0647. The first kappa shape index (κ1) is 17.8. The molecule has 0 aromatic heterocycles. The predicted octanol–water partition coefficient (Wildman–Crippen LogP) is 0.873. The van der Waals surface area contributed by atoms with Crippen molar-refractivity contribution in [2.45, 2.75) is 30.7 Å². The van der Waals surface area contributed by atoms with Crippen LogP contribution < -0.4 is 10.2 Å². The number of nitrogens with one attached hydrogen (secondary N) is 2. The van der Waals surface area contributed by atoms with E-state index in [-0.39, 0.29) is 24.4 Å². The molecule has 1 aliphatic rings. The maximum atomic E-state index is 12.4. The molecule has 1 saturated heterocycles. The van der Waals surface area contributed by atoms with Gasteiger partial charge in [-0.25, -0.2) is 0 Å². The molecule has 1 unspecified atom stereocenters. The van der Waals surface area contributed by atoms with E-state index in [1.54, 1.807) is 11.8 Å². The molecule has 23 heavy (non-hydrogen) atoms. The lowest BCUT2D eigenvalue weighted by molar-refractivity contribution is -0.886. The molecule has 0 saturated carbocycles. The highest BCUT2D eigenvalue weighted by atomic mass is 32.2. The Hall–Kier alpha value is -1.53. The van der Waals surface area contributed by atoms with Crippen molar-refractivity contribution in [3.63, 3.8) is 0 Å². The van der Waals surface area contributed by atoms with Crippen LogP contribution in [-0.4, -0.2) is 55.7 Å². The van der Waals surface area contributed by atoms with E-state index < -0.39 is 0 Å². The number of thioether (sulfide) groups is 1. The van der Waals surface area contributed by atoms with Crippen molar-refractivity contribution in [3.8, 4) is 0 Å². The summed E-state index contributed by atoms with van der Waals surface area (Å²) < 4.78 is 0. The molecule has 1 aromatic rings. The molecule has 0 bridgehead atoms. The molecule has 1 heterocycles. The minimum Gasteiger partial charge on any atom is -0.338 e. The fourth-order valence-electron chi connectivity index (χ4n) is 2.77. The lowest BCUT2D eigenvalue weighted by atomic mass is 10.2. The average molecular weight is 336 g/mol. The largest absolute Gasteiger partial charge is 0.338 e. The zero-order valence-corrected chi connectivity index (χ0v) is 14.9. The molecule has 2 rings (SSSR count). The van der Waals surface area contributed by atoms with Crippen LogP contribution in [0.2, 0.25) is 0 Å². The van der Waals surface area contributed by atoms with Crippen LogP contribution in [0.3, 0.4) is 0 Å². The molecule has 126 valence electrons. The summed E-state index contributed by atoms with van der Waals surface area (Å²) in [7, 11) is 1.90. The van der Waals surface area contributed by atoms with Gasteiger partial charge in [-0.2, -0.15) is 0 Å². The predicted molar refractivity (Wildman–Crippen MR) is 93.9 cm³/mol. The van der Waals surface area contributed by atoms with Crippen molar-refractivity contribution < 1.29 is 14.5 Å². The van der Waals surface area contributed by atoms with Gasteiger partial charge >= 0.3 is 0 Å². The van der Waals surface area contributed by atoms with Crippen LogP contribution >= 0.6 is 11.8 Å². The maximum absolute atomic E-state index is 12.4. The van der Waals surface area contributed by atoms with Gasteiger partial charge < -0.3 is 15.1 Å². The van der Waals surface area contributed by atoms with E-state index in [2.05, 4.69) is 5.32 Å². The Morgan fingerprint density at radius 2 is 1.96 bits per heavy atom. The number of likely N-dealkylation sites (tertiary alicyclic amines) is 1.